The lowest BCUT2D eigenvalue weighted by Gasteiger charge is -2.19. The van der Waals surface area contributed by atoms with Gasteiger partial charge in [0.05, 0.1) is 19.9 Å². The van der Waals surface area contributed by atoms with Gasteiger partial charge in [-0.2, -0.15) is 0 Å². The summed E-state index contributed by atoms with van der Waals surface area (Å²) in [5.41, 5.74) is 0.0508. The lowest BCUT2D eigenvalue weighted by Crippen LogP contribution is -2.24. The zero-order valence-corrected chi connectivity index (χ0v) is 16.7. The highest BCUT2D eigenvalue weighted by Crippen LogP contribution is 2.34. The van der Waals surface area contributed by atoms with Gasteiger partial charge in [-0.25, -0.2) is 13.2 Å². The Balaban J connectivity index is 2.01. The van der Waals surface area contributed by atoms with Crippen molar-refractivity contribution < 1.29 is 32.6 Å². The van der Waals surface area contributed by atoms with Gasteiger partial charge in [0.15, 0.2) is 5.75 Å². The van der Waals surface area contributed by atoms with E-state index >= 15 is 0 Å². The van der Waals surface area contributed by atoms with E-state index in [9.17, 15) is 23.1 Å². The van der Waals surface area contributed by atoms with Crippen molar-refractivity contribution in [2.24, 2.45) is 0 Å². The van der Waals surface area contributed by atoms with Crippen LogP contribution in [0, 0.1) is 0 Å². The van der Waals surface area contributed by atoms with E-state index in [-0.39, 0.29) is 27.8 Å². The molecule has 1 heterocycles. The maximum atomic E-state index is 13.0. The van der Waals surface area contributed by atoms with Crippen LogP contribution in [0.25, 0.3) is 0 Å². The molecule has 0 bridgehead atoms. The molecule has 0 radical (unpaired) electrons. The summed E-state index contributed by atoms with van der Waals surface area (Å²) >= 11 is 0. The van der Waals surface area contributed by atoms with E-state index in [0.29, 0.717) is 25.1 Å². The van der Waals surface area contributed by atoms with Crippen molar-refractivity contribution in [1.82, 2.24) is 0 Å². The first kappa shape index (κ1) is 20.5. The van der Waals surface area contributed by atoms with Crippen LogP contribution in [-0.4, -0.2) is 46.2 Å². The van der Waals surface area contributed by atoms with E-state index in [1.54, 1.807) is 6.07 Å². The van der Waals surface area contributed by atoms with Crippen molar-refractivity contribution in [2.75, 3.05) is 30.4 Å². The van der Waals surface area contributed by atoms with Crippen molar-refractivity contribution in [2.45, 2.75) is 17.7 Å². The molecule has 0 unspecified atom stereocenters. The summed E-state index contributed by atoms with van der Waals surface area (Å²) in [5, 5.41) is 10.3. The second-order valence-electron chi connectivity index (χ2n) is 6.28. The Morgan fingerprint density at radius 2 is 1.97 bits per heavy atom. The maximum absolute atomic E-state index is 13.0. The highest BCUT2D eigenvalue weighted by atomic mass is 32.2. The zero-order valence-electron chi connectivity index (χ0n) is 15.8. The number of phenols is 1. The molecule has 9 nitrogen and oxygen atoms in total. The third-order valence-electron chi connectivity index (χ3n) is 4.51. The van der Waals surface area contributed by atoms with E-state index in [1.807, 2.05) is 0 Å². The van der Waals surface area contributed by atoms with E-state index in [0.717, 1.165) is 7.11 Å². The first-order valence-electron chi connectivity index (χ1n) is 8.70. The van der Waals surface area contributed by atoms with Crippen LogP contribution in [0.3, 0.4) is 0 Å². The summed E-state index contributed by atoms with van der Waals surface area (Å²) in [6, 6.07) is 8.42. The molecule has 2 N–H and O–H groups in total. The number of hydrogen-bond acceptors (Lipinski definition) is 7. The number of anilines is 2. The second kappa shape index (κ2) is 8.00. The average molecular weight is 420 g/mol. The SMILES string of the molecule is COC(=O)c1cccc(NS(=O)(=O)c2cc(N3CCCC3=O)ccc2OC)c1O. The van der Waals surface area contributed by atoms with E-state index < -0.39 is 21.7 Å². The van der Waals surface area contributed by atoms with Crippen LogP contribution in [0.15, 0.2) is 41.3 Å². The molecular formula is C19H20N2O7S. The monoisotopic (exact) mass is 420 g/mol. The highest BCUT2D eigenvalue weighted by Gasteiger charge is 2.27. The van der Waals surface area contributed by atoms with Crippen LogP contribution < -0.4 is 14.4 Å². The average Bonchev–Trinajstić information content (AvgIpc) is 3.14. The van der Waals surface area contributed by atoms with Gasteiger partial charge in [-0.3, -0.25) is 9.52 Å². The Bertz CT molecular complexity index is 1070. The minimum atomic E-state index is -4.22. The molecule has 2 aromatic carbocycles. The lowest BCUT2D eigenvalue weighted by molar-refractivity contribution is -0.117. The maximum Gasteiger partial charge on any atom is 0.341 e. The number of sulfonamides is 1. The number of carbonyl (C=O) groups is 2. The summed E-state index contributed by atoms with van der Waals surface area (Å²) in [4.78, 5) is 25.0. The van der Waals surface area contributed by atoms with Crippen LogP contribution in [0.5, 0.6) is 11.5 Å². The van der Waals surface area contributed by atoms with E-state index in [2.05, 4.69) is 9.46 Å². The van der Waals surface area contributed by atoms with E-state index in [1.165, 1.54) is 42.3 Å². The van der Waals surface area contributed by atoms with Crippen LogP contribution >= 0.6 is 0 Å². The molecule has 1 aliphatic rings. The molecule has 0 saturated carbocycles. The Kier molecular flexibility index (Phi) is 5.64. The highest BCUT2D eigenvalue weighted by molar-refractivity contribution is 7.92. The predicted octanol–water partition coefficient (Wildman–Crippen LogP) is 2.12. The minimum Gasteiger partial charge on any atom is -0.505 e. The van der Waals surface area contributed by atoms with Crippen molar-refractivity contribution in [1.29, 1.82) is 0 Å². The quantitative estimate of drug-likeness (QED) is 0.542. The molecule has 1 amide bonds. The fraction of sp³-hybridized carbons (Fsp3) is 0.263. The van der Waals surface area contributed by atoms with Gasteiger partial charge >= 0.3 is 5.97 Å². The fourth-order valence-corrected chi connectivity index (χ4v) is 4.32. The molecule has 0 spiro atoms. The lowest BCUT2D eigenvalue weighted by atomic mass is 10.2. The van der Waals surface area contributed by atoms with E-state index in [4.69, 9.17) is 4.74 Å². The number of phenolic OH excluding ortho intramolecular Hbond substituents is 1. The number of methoxy groups -OCH3 is 2. The molecule has 3 rings (SSSR count). The Hall–Kier alpha value is -3.27. The standard InChI is InChI=1S/C19H20N2O7S/c1-27-15-9-8-12(21-10-4-7-17(21)22)11-16(15)29(25,26)20-14-6-3-5-13(18(14)23)19(24)28-2/h3,5-6,8-9,11,20,23H,4,7,10H2,1-2H3. The van der Waals surface area contributed by atoms with Crippen LogP contribution in [0.1, 0.15) is 23.2 Å². The van der Waals surface area contributed by atoms with Crippen LogP contribution in [-0.2, 0) is 19.6 Å². The fourth-order valence-electron chi connectivity index (χ4n) is 3.06. The number of aromatic hydroxyl groups is 1. The predicted molar refractivity (Wildman–Crippen MR) is 105 cm³/mol. The molecular weight excluding hydrogens is 400 g/mol. The number of para-hydroxylation sites is 1. The number of rotatable bonds is 6. The van der Waals surface area contributed by atoms with Gasteiger partial charge in [0, 0.05) is 18.7 Å². The van der Waals surface area contributed by atoms with Crippen molar-refractivity contribution >= 4 is 33.3 Å². The number of nitrogens with zero attached hydrogens (tertiary/aromatic N) is 1. The Morgan fingerprint density at radius 3 is 2.59 bits per heavy atom. The molecule has 2 aromatic rings. The molecule has 10 heteroatoms. The summed E-state index contributed by atoms with van der Waals surface area (Å²) in [6.45, 7) is 0.500. The number of carbonyl (C=O) groups excluding carboxylic acids is 2. The molecule has 154 valence electrons. The van der Waals surface area contributed by atoms with Gasteiger partial charge in [-0.15, -0.1) is 0 Å². The number of nitrogens with one attached hydrogen (secondary N) is 1. The number of benzene rings is 2. The molecule has 0 aromatic heterocycles. The minimum absolute atomic E-state index is 0.0662. The summed E-state index contributed by atoms with van der Waals surface area (Å²) in [5.74, 6) is -1.39. The summed E-state index contributed by atoms with van der Waals surface area (Å²) in [6.07, 6.45) is 1.10. The number of amides is 1. The third-order valence-corrected chi connectivity index (χ3v) is 5.89. The topological polar surface area (TPSA) is 122 Å². The zero-order chi connectivity index (χ0) is 21.2. The van der Waals surface area contributed by atoms with Gasteiger partial charge < -0.3 is 19.5 Å². The molecule has 1 fully saturated rings. The molecule has 29 heavy (non-hydrogen) atoms. The van der Waals surface area contributed by atoms with Gasteiger partial charge in [-0.1, -0.05) is 6.07 Å². The normalized spacial score (nSPS) is 14.0. The second-order valence-corrected chi connectivity index (χ2v) is 7.93. The number of hydrogen-bond donors (Lipinski definition) is 2. The Morgan fingerprint density at radius 1 is 1.21 bits per heavy atom. The first-order chi connectivity index (χ1) is 13.8. The van der Waals surface area contributed by atoms with Gasteiger partial charge in [0.1, 0.15) is 16.2 Å². The molecule has 0 aliphatic carbocycles. The number of ether oxygens (including phenoxy) is 2. The summed E-state index contributed by atoms with van der Waals surface area (Å²) < 4.78 is 38.0. The largest absolute Gasteiger partial charge is 0.505 e. The molecule has 1 aliphatic heterocycles. The van der Waals surface area contributed by atoms with Gasteiger partial charge in [-0.05, 0) is 36.8 Å². The Labute approximate surface area is 167 Å². The van der Waals surface area contributed by atoms with Crippen molar-refractivity contribution in [3.05, 3.63) is 42.0 Å². The van der Waals surface area contributed by atoms with Crippen molar-refractivity contribution in [3.8, 4) is 11.5 Å². The molecule has 0 atom stereocenters. The smallest absolute Gasteiger partial charge is 0.341 e. The molecule has 1 saturated heterocycles. The third kappa shape index (κ3) is 3.97. The summed E-state index contributed by atoms with van der Waals surface area (Å²) in [7, 11) is -1.75. The van der Waals surface area contributed by atoms with Gasteiger partial charge in [0.25, 0.3) is 10.0 Å². The number of esters is 1. The first-order valence-corrected chi connectivity index (χ1v) is 10.2. The van der Waals surface area contributed by atoms with Gasteiger partial charge in [0.2, 0.25) is 5.91 Å². The van der Waals surface area contributed by atoms with Crippen LogP contribution in [0.4, 0.5) is 11.4 Å². The van der Waals surface area contributed by atoms with Crippen molar-refractivity contribution in [3.63, 3.8) is 0 Å². The van der Waals surface area contributed by atoms with Crippen LogP contribution in [0.2, 0.25) is 0 Å².